The lowest BCUT2D eigenvalue weighted by atomic mass is 9.97. The van der Waals surface area contributed by atoms with Gasteiger partial charge in [0, 0.05) is 19.0 Å². The fourth-order valence-corrected chi connectivity index (χ4v) is 4.63. The van der Waals surface area contributed by atoms with Crippen LogP contribution in [-0.2, 0) is 27.2 Å². The van der Waals surface area contributed by atoms with Crippen molar-refractivity contribution in [2.24, 2.45) is 5.92 Å². The largest absolute Gasteiger partial charge is 0.494 e. The average molecular weight is 553 g/mol. The Labute approximate surface area is 237 Å². The van der Waals surface area contributed by atoms with Crippen LogP contribution >= 0.6 is 0 Å². The molecular formula is C31H44N4O5. The highest BCUT2D eigenvalue weighted by Crippen LogP contribution is 2.16. The van der Waals surface area contributed by atoms with Crippen LogP contribution < -0.4 is 26.0 Å². The van der Waals surface area contributed by atoms with Crippen LogP contribution in [0.5, 0.6) is 5.75 Å². The molecule has 4 atom stereocenters. The van der Waals surface area contributed by atoms with Gasteiger partial charge in [0.15, 0.2) is 0 Å². The molecule has 0 saturated carbocycles. The number of carbonyl (C=O) groups is 3. The lowest BCUT2D eigenvalue weighted by Crippen LogP contribution is -2.57. The number of fused-ring (bicyclic) bond motifs is 12. The molecule has 0 radical (unpaired) electrons. The van der Waals surface area contributed by atoms with E-state index >= 15 is 0 Å². The lowest BCUT2D eigenvalue weighted by molar-refractivity contribution is -0.131. The number of amides is 3. The first-order valence-electron chi connectivity index (χ1n) is 14.2. The maximum atomic E-state index is 13.4. The van der Waals surface area contributed by atoms with E-state index in [-0.39, 0.29) is 42.6 Å². The van der Waals surface area contributed by atoms with Crippen LogP contribution in [0.1, 0.15) is 51.7 Å². The molecule has 9 heteroatoms. The monoisotopic (exact) mass is 552 g/mol. The van der Waals surface area contributed by atoms with Gasteiger partial charge in [0.05, 0.1) is 24.8 Å². The maximum absolute atomic E-state index is 13.4. The first kappa shape index (κ1) is 31.1. The van der Waals surface area contributed by atoms with E-state index in [4.69, 9.17) is 4.74 Å². The Bertz CT molecular complexity index is 1090. The molecule has 2 aliphatic heterocycles. The van der Waals surface area contributed by atoms with Crippen LogP contribution in [0, 0.1) is 5.92 Å². The molecule has 0 fully saturated rings. The van der Waals surface area contributed by atoms with Gasteiger partial charge in [-0.1, -0.05) is 56.3 Å². The summed E-state index contributed by atoms with van der Waals surface area (Å²) in [5.41, 5.74) is 1.91. The zero-order chi connectivity index (χ0) is 29.1. The van der Waals surface area contributed by atoms with Crippen molar-refractivity contribution in [3.05, 3.63) is 65.7 Å². The van der Waals surface area contributed by atoms with Crippen molar-refractivity contribution in [3.8, 4) is 5.75 Å². The van der Waals surface area contributed by atoms with Crippen molar-refractivity contribution in [1.29, 1.82) is 0 Å². The number of ether oxygens (including phenoxy) is 1. The summed E-state index contributed by atoms with van der Waals surface area (Å²) in [6.45, 7) is 8.02. The number of hydrogen-bond acceptors (Lipinski definition) is 6. The molecule has 0 aliphatic carbocycles. The standard InChI is InChI=1S/C31H44N4O5/c1-20(2)29-31(39)34-25(17-23-12-14-24(15-13-23)40-16-8-11-28(37)35-29)27(36)19-32-26(30(38)33-21(3)4)18-22-9-6-5-7-10-22/h5-7,9-10,12-15,20-21,25-27,29,32,36H,8,11,16-19H2,1-4H3,(H,33,38)(H,34,39)(H,35,37)/t25-,26+,27?,29+/m1/s1. The van der Waals surface area contributed by atoms with E-state index in [2.05, 4.69) is 21.3 Å². The SMILES string of the molecule is CC(C)NC(=O)[C@H](Cc1ccccc1)NCC(O)[C@H]1Cc2ccc(cc2)OCCCC(=O)N[C@@H](C(C)C)C(=O)N1. The Kier molecular flexibility index (Phi) is 12.0. The number of nitrogens with one attached hydrogen (secondary N) is 4. The highest BCUT2D eigenvalue weighted by molar-refractivity contribution is 5.88. The molecule has 0 spiro atoms. The first-order valence-corrected chi connectivity index (χ1v) is 14.2. The molecule has 2 heterocycles. The van der Waals surface area contributed by atoms with Crippen molar-refractivity contribution >= 4 is 17.7 Å². The smallest absolute Gasteiger partial charge is 0.243 e. The molecule has 3 amide bonds. The molecule has 2 aromatic carbocycles. The zero-order valence-electron chi connectivity index (χ0n) is 24.0. The Morgan fingerprint density at radius 1 is 1.02 bits per heavy atom. The van der Waals surface area contributed by atoms with Crippen LogP contribution in [-0.4, -0.2) is 66.3 Å². The van der Waals surface area contributed by atoms with Gasteiger partial charge in [0.25, 0.3) is 0 Å². The summed E-state index contributed by atoms with van der Waals surface area (Å²) in [7, 11) is 0. The van der Waals surface area contributed by atoms with Crippen molar-refractivity contribution < 1.29 is 24.2 Å². The maximum Gasteiger partial charge on any atom is 0.243 e. The fourth-order valence-electron chi connectivity index (χ4n) is 4.63. The number of rotatable bonds is 9. The second kappa shape index (κ2) is 15.4. The first-order chi connectivity index (χ1) is 19.1. The second-order valence-corrected chi connectivity index (χ2v) is 11.1. The van der Waals surface area contributed by atoms with Crippen molar-refractivity contribution in [3.63, 3.8) is 0 Å². The Morgan fingerprint density at radius 3 is 2.38 bits per heavy atom. The lowest BCUT2D eigenvalue weighted by Gasteiger charge is -2.30. The Balaban J connectivity index is 1.80. The summed E-state index contributed by atoms with van der Waals surface area (Å²) in [6.07, 6.45) is 0.568. The van der Waals surface area contributed by atoms with Gasteiger partial charge in [0.2, 0.25) is 17.7 Å². The summed E-state index contributed by atoms with van der Waals surface area (Å²) >= 11 is 0. The van der Waals surface area contributed by atoms with Gasteiger partial charge in [-0.2, -0.15) is 0 Å². The normalized spacial score (nSPS) is 20.1. The molecular weight excluding hydrogens is 508 g/mol. The molecule has 9 nitrogen and oxygen atoms in total. The van der Waals surface area contributed by atoms with Crippen LogP contribution in [0.4, 0.5) is 0 Å². The molecule has 2 bridgehead atoms. The molecule has 218 valence electrons. The minimum atomic E-state index is -1.01. The molecule has 2 aromatic rings. The van der Waals surface area contributed by atoms with Gasteiger partial charge in [-0.05, 0) is 62.3 Å². The quantitative estimate of drug-likeness (QED) is 0.324. The Hall–Kier alpha value is -3.43. The van der Waals surface area contributed by atoms with E-state index in [1.165, 1.54) is 0 Å². The van der Waals surface area contributed by atoms with Gasteiger partial charge in [-0.15, -0.1) is 0 Å². The van der Waals surface area contributed by atoms with Gasteiger partial charge in [-0.3, -0.25) is 14.4 Å². The Morgan fingerprint density at radius 2 is 1.73 bits per heavy atom. The van der Waals surface area contributed by atoms with E-state index < -0.39 is 24.2 Å². The number of aliphatic hydroxyl groups excluding tert-OH is 1. The topological polar surface area (TPSA) is 129 Å². The zero-order valence-corrected chi connectivity index (χ0v) is 24.0. The van der Waals surface area contributed by atoms with Crippen LogP contribution in [0.15, 0.2) is 54.6 Å². The molecule has 0 aromatic heterocycles. The summed E-state index contributed by atoms with van der Waals surface area (Å²) < 4.78 is 5.76. The molecule has 2 aliphatic rings. The molecule has 4 rings (SSSR count). The van der Waals surface area contributed by atoms with Crippen molar-refractivity contribution in [1.82, 2.24) is 21.3 Å². The van der Waals surface area contributed by atoms with Crippen LogP contribution in [0.25, 0.3) is 0 Å². The summed E-state index contributed by atoms with van der Waals surface area (Å²) in [4.78, 5) is 38.9. The third-order valence-electron chi connectivity index (χ3n) is 6.86. The summed E-state index contributed by atoms with van der Waals surface area (Å²) in [5, 5.41) is 23.3. The second-order valence-electron chi connectivity index (χ2n) is 11.1. The third-order valence-corrected chi connectivity index (χ3v) is 6.86. The highest BCUT2D eigenvalue weighted by atomic mass is 16.5. The fraction of sp³-hybridized carbons (Fsp3) is 0.516. The summed E-state index contributed by atoms with van der Waals surface area (Å²) in [5.74, 6) is -0.188. The number of benzene rings is 2. The van der Waals surface area contributed by atoms with Gasteiger partial charge >= 0.3 is 0 Å². The molecule has 0 saturated heterocycles. The molecule has 1 unspecified atom stereocenters. The average Bonchev–Trinajstić information content (AvgIpc) is 2.92. The molecule has 40 heavy (non-hydrogen) atoms. The minimum absolute atomic E-state index is 0.0318. The highest BCUT2D eigenvalue weighted by Gasteiger charge is 2.30. The van der Waals surface area contributed by atoms with Crippen LogP contribution in [0.2, 0.25) is 0 Å². The third kappa shape index (κ3) is 9.95. The van der Waals surface area contributed by atoms with E-state index in [0.717, 1.165) is 11.1 Å². The van der Waals surface area contributed by atoms with E-state index in [1.807, 2.05) is 82.3 Å². The summed E-state index contributed by atoms with van der Waals surface area (Å²) in [6, 6.07) is 15.2. The van der Waals surface area contributed by atoms with Crippen molar-refractivity contribution in [2.45, 2.75) is 83.6 Å². The van der Waals surface area contributed by atoms with Crippen LogP contribution in [0.3, 0.4) is 0 Å². The predicted molar refractivity (Wildman–Crippen MR) is 155 cm³/mol. The number of carbonyl (C=O) groups excluding carboxylic acids is 3. The van der Waals surface area contributed by atoms with E-state index in [9.17, 15) is 19.5 Å². The van der Waals surface area contributed by atoms with Gasteiger partial charge in [0.1, 0.15) is 11.8 Å². The van der Waals surface area contributed by atoms with Crippen molar-refractivity contribution in [2.75, 3.05) is 13.2 Å². The van der Waals surface area contributed by atoms with Gasteiger partial charge < -0.3 is 31.1 Å². The number of aliphatic hydroxyl groups is 1. The van der Waals surface area contributed by atoms with E-state index in [0.29, 0.717) is 31.6 Å². The van der Waals surface area contributed by atoms with E-state index in [1.54, 1.807) is 0 Å². The number of hydrogen-bond donors (Lipinski definition) is 5. The predicted octanol–water partition coefficient (Wildman–Crippen LogP) is 2.11. The minimum Gasteiger partial charge on any atom is -0.494 e. The van der Waals surface area contributed by atoms with Gasteiger partial charge in [-0.25, -0.2) is 0 Å². The molecule has 5 N–H and O–H groups in total.